The molecule has 0 saturated carbocycles. The first kappa shape index (κ1) is 21.4. The molecular formula is C16H19Cl2N3O6. The molecule has 1 aliphatic heterocycles. The van der Waals surface area contributed by atoms with Gasteiger partial charge < -0.3 is 24.0 Å². The maximum Gasteiger partial charge on any atom is 0.291 e. The number of aromatic nitrogens is 2. The van der Waals surface area contributed by atoms with Gasteiger partial charge in [0, 0.05) is 29.6 Å². The molecule has 11 heteroatoms. The van der Waals surface area contributed by atoms with Crippen LogP contribution in [0.25, 0.3) is 0 Å². The third-order valence-electron chi connectivity index (χ3n) is 3.66. The SMILES string of the molecule is CCOC[C@H]1CO[C@@](Cn2ccnc2)(c2ccc(Cl)cc2Cl)O1.O=[N+]([O-])O. The number of nitrogens with zero attached hydrogens (tertiary/aromatic N) is 3. The van der Waals surface area contributed by atoms with E-state index < -0.39 is 10.9 Å². The topological polar surface area (TPSA) is 109 Å². The summed E-state index contributed by atoms with van der Waals surface area (Å²) in [6.45, 7) is 3.94. The van der Waals surface area contributed by atoms with Gasteiger partial charge >= 0.3 is 0 Å². The van der Waals surface area contributed by atoms with Gasteiger partial charge in [-0.1, -0.05) is 29.3 Å². The summed E-state index contributed by atoms with van der Waals surface area (Å²) in [4.78, 5) is 12.4. The van der Waals surface area contributed by atoms with E-state index in [2.05, 4.69) is 4.98 Å². The second-order valence-corrected chi connectivity index (χ2v) is 6.40. The van der Waals surface area contributed by atoms with Crippen molar-refractivity contribution < 1.29 is 24.5 Å². The zero-order valence-corrected chi connectivity index (χ0v) is 16.0. The number of hydrogen-bond acceptors (Lipinski definition) is 6. The van der Waals surface area contributed by atoms with Crippen molar-refractivity contribution in [1.29, 1.82) is 0 Å². The summed E-state index contributed by atoms with van der Waals surface area (Å²) in [5.74, 6) is -0.982. The summed E-state index contributed by atoms with van der Waals surface area (Å²) in [5, 5.41) is 14.7. The Balaban J connectivity index is 0.000000596. The largest absolute Gasteiger partial charge is 0.379 e. The van der Waals surface area contributed by atoms with Crippen molar-refractivity contribution in [1.82, 2.24) is 9.55 Å². The van der Waals surface area contributed by atoms with E-state index in [1.807, 2.05) is 23.8 Å². The molecule has 2 aromatic rings. The van der Waals surface area contributed by atoms with E-state index >= 15 is 0 Å². The van der Waals surface area contributed by atoms with E-state index in [0.29, 0.717) is 36.4 Å². The Hall–Kier alpha value is -1.91. The molecule has 0 radical (unpaired) electrons. The molecule has 3 rings (SSSR count). The van der Waals surface area contributed by atoms with Crippen LogP contribution >= 0.6 is 23.2 Å². The van der Waals surface area contributed by atoms with Crippen LogP contribution in [-0.2, 0) is 26.5 Å². The number of rotatable bonds is 6. The van der Waals surface area contributed by atoms with Gasteiger partial charge in [-0.3, -0.25) is 0 Å². The van der Waals surface area contributed by atoms with Gasteiger partial charge in [-0.05, 0) is 19.1 Å². The highest BCUT2D eigenvalue weighted by atomic mass is 35.5. The highest BCUT2D eigenvalue weighted by Crippen LogP contribution is 2.40. The van der Waals surface area contributed by atoms with Crippen LogP contribution in [0.15, 0.2) is 36.9 Å². The second-order valence-electron chi connectivity index (χ2n) is 5.56. The average molecular weight is 420 g/mol. The van der Waals surface area contributed by atoms with Gasteiger partial charge in [-0.25, -0.2) is 4.98 Å². The lowest BCUT2D eigenvalue weighted by Crippen LogP contribution is -2.34. The fourth-order valence-electron chi connectivity index (χ4n) is 2.62. The predicted octanol–water partition coefficient (Wildman–Crippen LogP) is 3.15. The monoisotopic (exact) mass is 419 g/mol. The van der Waals surface area contributed by atoms with Gasteiger partial charge in [0.05, 0.1) is 31.1 Å². The first-order valence-corrected chi connectivity index (χ1v) is 8.76. The fraction of sp³-hybridized carbons (Fsp3) is 0.438. The highest BCUT2D eigenvalue weighted by Gasteiger charge is 2.45. The standard InChI is InChI=1S/C16H18Cl2N2O3.HNO3/c1-2-21-8-13-9-22-16(23-13,10-20-6-5-19-11-20)14-4-3-12(17)7-15(14)18;2-1(3)4/h3-7,11,13H,2,8-10H2,1H3;(H,2,3,4)/t13-,16+;/m0./s1. The van der Waals surface area contributed by atoms with Crippen molar-refractivity contribution in [3.05, 3.63) is 62.6 Å². The van der Waals surface area contributed by atoms with Crippen LogP contribution < -0.4 is 0 Å². The number of imidazole rings is 1. The molecule has 9 nitrogen and oxygen atoms in total. The third-order valence-corrected chi connectivity index (χ3v) is 4.21. The van der Waals surface area contributed by atoms with Gasteiger partial charge in [-0.2, -0.15) is 0 Å². The molecule has 1 aliphatic rings. The first-order valence-electron chi connectivity index (χ1n) is 8.00. The summed E-state index contributed by atoms with van der Waals surface area (Å²) < 4.78 is 19.6. The normalized spacial score (nSPS) is 21.5. The van der Waals surface area contributed by atoms with Crippen molar-refractivity contribution in [3.63, 3.8) is 0 Å². The Morgan fingerprint density at radius 3 is 2.85 bits per heavy atom. The van der Waals surface area contributed by atoms with Gasteiger partial charge in [0.2, 0.25) is 5.79 Å². The fourth-order valence-corrected chi connectivity index (χ4v) is 3.18. The zero-order valence-electron chi connectivity index (χ0n) is 14.5. The smallest absolute Gasteiger partial charge is 0.291 e. The van der Waals surface area contributed by atoms with Crippen LogP contribution in [0, 0.1) is 10.1 Å². The summed E-state index contributed by atoms with van der Waals surface area (Å²) in [7, 11) is 0. The molecule has 148 valence electrons. The van der Waals surface area contributed by atoms with Crippen molar-refractivity contribution in [2.75, 3.05) is 19.8 Å². The molecule has 0 spiro atoms. The van der Waals surface area contributed by atoms with E-state index in [9.17, 15) is 0 Å². The van der Waals surface area contributed by atoms with Crippen LogP contribution in [0.2, 0.25) is 10.0 Å². The lowest BCUT2D eigenvalue weighted by molar-refractivity contribution is -0.742. The Kier molecular flexibility index (Phi) is 7.81. The van der Waals surface area contributed by atoms with Gasteiger partial charge in [0.1, 0.15) is 6.10 Å². The van der Waals surface area contributed by atoms with Gasteiger partial charge in [-0.15, -0.1) is 10.1 Å². The molecule has 1 saturated heterocycles. The van der Waals surface area contributed by atoms with E-state index in [4.69, 9.17) is 52.7 Å². The number of ether oxygens (including phenoxy) is 3. The lowest BCUT2D eigenvalue weighted by atomic mass is 10.1. The lowest BCUT2D eigenvalue weighted by Gasteiger charge is -2.30. The van der Waals surface area contributed by atoms with Crippen LogP contribution in [0.4, 0.5) is 0 Å². The Bertz CT molecular complexity index is 742. The maximum atomic E-state index is 8.36. The molecule has 1 aromatic carbocycles. The number of benzene rings is 1. The van der Waals surface area contributed by atoms with E-state index in [1.165, 1.54) is 0 Å². The molecule has 0 unspecified atom stereocenters. The van der Waals surface area contributed by atoms with Gasteiger partial charge in [0.25, 0.3) is 5.09 Å². The van der Waals surface area contributed by atoms with Crippen LogP contribution in [0.1, 0.15) is 12.5 Å². The van der Waals surface area contributed by atoms with Gasteiger partial charge in [0.15, 0.2) is 0 Å². The molecule has 0 bridgehead atoms. The summed E-state index contributed by atoms with van der Waals surface area (Å²) in [6, 6.07) is 5.31. The van der Waals surface area contributed by atoms with E-state index in [-0.39, 0.29) is 6.10 Å². The number of hydrogen-bond donors (Lipinski definition) is 1. The van der Waals surface area contributed by atoms with Crippen LogP contribution in [-0.4, -0.2) is 45.8 Å². The zero-order chi connectivity index (χ0) is 19.9. The van der Waals surface area contributed by atoms with Crippen molar-refractivity contribution >= 4 is 23.2 Å². The molecule has 27 heavy (non-hydrogen) atoms. The molecule has 2 atom stereocenters. The summed E-state index contributed by atoms with van der Waals surface area (Å²) in [6.07, 6.45) is 5.14. The molecular weight excluding hydrogens is 401 g/mol. The first-order chi connectivity index (χ1) is 12.9. The minimum absolute atomic E-state index is 0.148. The molecule has 0 aliphatic carbocycles. The molecule has 1 aromatic heterocycles. The third kappa shape index (κ3) is 6.05. The molecule has 1 fully saturated rings. The van der Waals surface area contributed by atoms with Crippen LogP contribution in [0.3, 0.4) is 0 Å². The Labute approximate surface area is 165 Å². The van der Waals surface area contributed by atoms with E-state index in [0.717, 1.165) is 5.56 Å². The van der Waals surface area contributed by atoms with Crippen LogP contribution in [0.5, 0.6) is 0 Å². The minimum Gasteiger partial charge on any atom is -0.379 e. The molecule has 1 N–H and O–H groups in total. The van der Waals surface area contributed by atoms with Crippen molar-refractivity contribution in [2.24, 2.45) is 0 Å². The summed E-state index contributed by atoms with van der Waals surface area (Å²) >= 11 is 12.4. The predicted molar refractivity (Wildman–Crippen MR) is 96.5 cm³/mol. The number of halogens is 2. The Morgan fingerprint density at radius 1 is 1.52 bits per heavy atom. The molecule has 0 amide bonds. The van der Waals surface area contributed by atoms with Crippen molar-refractivity contribution in [3.8, 4) is 0 Å². The maximum absolute atomic E-state index is 8.36. The quantitative estimate of drug-likeness (QED) is 0.565. The average Bonchev–Trinajstić information content (AvgIpc) is 3.23. The Morgan fingerprint density at radius 2 is 2.26 bits per heavy atom. The van der Waals surface area contributed by atoms with E-state index in [1.54, 1.807) is 24.7 Å². The highest BCUT2D eigenvalue weighted by molar-refractivity contribution is 6.35. The minimum atomic E-state index is -1.50. The second kappa shape index (κ2) is 9.86. The van der Waals surface area contributed by atoms with Crippen molar-refractivity contribution in [2.45, 2.75) is 25.4 Å². The molecule has 2 heterocycles. The summed E-state index contributed by atoms with van der Waals surface area (Å²) in [5.41, 5.74) is 0.747.